The van der Waals surface area contributed by atoms with Gasteiger partial charge in [-0.05, 0) is 31.9 Å². The summed E-state index contributed by atoms with van der Waals surface area (Å²) in [6.07, 6.45) is 8.90. The molecular weight excluding hydrogens is 306 g/mol. The average Bonchev–Trinajstić information content (AvgIpc) is 3.09. The van der Waals surface area contributed by atoms with Crippen LogP contribution in [0, 0.1) is 0 Å². The smallest absolute Gasteiger partial charge is 0.315 e. The zero-order valence-corrected chi connectivity index (χ0v) is 13.8. The van der Waals surface area contributed by atoms with Crippen molar-refractivity contribution < 1.29 is 4.79 Å². The van der Waals surface area contributed by atoms with E-state index in [1.54, 1.807) is 18.6 Å². The number of carbonyl (C=O) groups is 1. The van der Waals surface area contributed by atoms with Crippen LogP contribution in [0.1, 0.15) is 19.8 Å². The molecule has 0 spiro atoms. The molecule has 0 bridgehead atoms. The molecule has 2 amide bonds. The van der Waals surface area contributed by atoms with E-state index in [2.05, 4.69) is 30.6 Å². The predicted octanol–water partition coefficient (Wildman–Crippen LogP) is 1.03. The largest absolute Gasteiger partial charge is 0.341 e. The highest BCUT2D eigenvalue weighted by Crippen LogP contribution is 2.15. The lowest BCUT2D eigenvalue weighted by Gasteiger charge is -2.32. The normalized spacial score (nSPS) is 16.6. The van der Waals surface area contributed by atoms with Gasteiger partial charge < -0.3 is 15.5 Å². The Bertz CT molecular complexity index is 623. The summed E-state index contributed by atoms with van der Waals surface area (Å²) in [4.78, 5) is 22.8. The molecule has 8 heteroatoms. The Labute approximate surface area is 141 Å². The lowest BCUT2D eigenvalue weighted by atomic mass is 10.1. The third-order valence-electron chi connectivity index (χ3n) is 4.06. The first-order valence-electron chi connectivity index (χ1n) is 8.27. The Hall–Kier alpha value is -2.64. The summed E-state index contributed by atoms with van der Waals surface area (Å²) >= 11 is 0. The van der Waals surface area contributed by atoms with Crippen molar-refractivity contribution in [2.45, 2.75) is 38.4 Å². The Balaban J connectivity index is 1.40. The van der Waals surface area contributed by atoms with Crippen molar-refractivity contribution in [1.29, 1.82) is 0 Å². The quantitative estimate of drug-likeness (QED) is 0.855. The van der Waals surface area contributed by atoms with Gasteiger partial charge in [0, 0.05) is 50.0 Å². The second kappa shape index (κ2) is 7.76. The number of rotatable bonds is 5. The van der Waals surface area contributed by atoms with Crippen LogP contribution in [0.4, 0.5) is 10.7 Å². The lowest BCUT2D eigenvalue weighted by Crippen LogP contribution is -2.50. The summed E-state index contributed by atoms with van der Waals surface area (Å²) in [5.74, 6) is 0.758. The van der Waals surface area contributed by atoms with E-state index in [4.69, 9.17) is 0 Å². The number of amides is 2. The van der Waals surface area contributed by atoms with Gasteiger partial charge in [0.05, 0.1) is 6.54 Å². The van der Waals surface area contributed by atoms with E-state index >= 15 is 0 Å². The molecule has 1 atom stereocenters. The van der Waals surface area contributed by atoms with Crippen LogP contribution in [-0.4, -0.2) is 51.0 Å². The molecule has 3 rings (SSSR count). The second-order valence-electron chi connectivity index (χ2n) is 6.06. The maximum Gasteiger partial charge on any atom is 0.315 e. The van der Waals surface area contributed by atoms with Crippen molar-refractivity contribution in [3.8, 4) is 0 Å². The standard InChI is InChI=1S/C16H23N7O/c1-13(12-23-9-3-8-19-23)20-16(24)21-14-4-10-22(11-5-14)15-17-6-2-7-18-15/h2-3,6-9,13-14H,4-5,10-12H2,1H3,(H2,20,21,24). The van der Waals surface area contributed by atoms with Gasteiger partial charge in [0.1, 0.15) is 0 Å². The summed E-state index contributed by atoms with van der Waals surface area (Å²) in [7, 11) is 0. The van der Waals surface area contributed by atoms with Crippen LogP contribution in [-0.2, 0) is 6.54 Å². The third kappa shape index (κ3) is 4.43. The van der Waals surface area contributed by atoms with E-state index in [-0.39, 0.29) is 18.1 Å². The predicted molar refractivity (Wildman–Crippen MR) is 90.6 cm³/mol. The van der Waals surface area contributed by atoms with Crippen LogP contribution in [0.5, 0.6) is 0 Å². The molecule has 2 aromatic rings. The first-order chi connectivity index (χ1) is 11.7. The molecule has 1 unspecified atom stereocenters. The molecule has 0 aromatic carbocycles. The fourth-order valence-corrected chi connectivity index (χ4v) is 2.86. The Morgan fingerprint density at radius 1 is 1.25 bits per heavy atom. The average molecular weight is 329 g/mol. The number of hydrogen-bond acceptors (Lipinski definition) is 5. The lowest BCUT2D eigenvalue weighted by molar-refractivity contribution is 0.229. The molecule has 0 radical (unpaired) electrons. The maximum atomic E-state index is 12.1. The topological polar surface area (TPSA) is 88.0 Å². The van der Waals surface area contributed by atoms with Crippen molar-refractivity contribution in [3.05, 3.63) is 36.9 Å². The number of urea groups is 1. The van der Waals surface area contributed by atoms with Gasteiger partial charge in [-0.3, -0.25) is 4.68 Å². The third-order valence-corrected chi connectivity index (χ3v) is 4.06. The van der Waals surface area contributed by atoms with Crippen LogP contribution in [0.15, 0.2) is 36.9 Å². The minimum absolute atomic E-state index is 0.0164. The van der Waals surface area contributed by atoms with Gasteiger partial charge >= 0.3 is 6.03 Å². The highest BCUT2D eigenvalue weighted by molar-refractivity contribution is 5.74. The molecule has 1 fully saturated rings. The zero-order valence-electron chi connectivity index (χ0n) is 13.8. The maximum absolute atomic E-state index is 12.1. The number of hydrogen-bond donors (Lipinski definition) is 2. The summed E-state index contributed by atoms with van der Waals surface area (Å²) in [5.41, 5.74) is 0. The molecule has 1 saturated heterocycles. The summed E-state index contributed by atoms with van der Waals surface area (Å²) in [5, 5.41) is 10.2. The molecule has 1 aliphatic rings. The number of nitrogens with one attached hydrogen (secondary N) is 2. The molecular formula is C16H23N7O. The molecule has 2 aromatic heterocycles. The molecule has 3 heterocycles. The summed E-state index contributed by atoms with van der Waals surface area (Å²) < 4.78 is 1.81. The van der Waals surface area contributed by atoms with Gasteiger partial charge in [-0.25, -0.2) is 14.8 Å². The molecule has 8 nitrogen and oxygen atoms in total. The summed E-state index contributed by atoms with van der Waals surface area (Å²) in [6, 6.07) is 3.76. The van der Waals surface area contributed by atoms with Gasteiger partial charge in [-0.2, -0.15) is 5.10 Å². The van der Waals surface area contributed by atoms with E-state index in [9.17, 15) is 4.79 Å². The minimum Gasteiger partial charge on any atom is -0.341 e. The first-order valence-corrected chi connectivity index (χ1v) is 8.27. The van der Waals surface area contributed by atoms with Crippen LogP contribution in [0.3, 0.4) is 0 Å². The number of piperidine rings is 1. The van der Waals surface area contributed by atoms with Crippen molar-refractivity contribution in [3.63, 3.8) is 0 Å². The molecule has 24 heavy (non-hydrogen) atoms. The van der Waals surface area contributed by atoms with E-state index in [0.717, 1.165) is 31.9 Å². The van der Waals surface area contributed by atoms with Crippen molar-refractivity contribution in [2.75, 3.05) is 18.0 Å². The monoisotopic (exact) mass is 329 g/mol. The van der Waals surface area contributed by atoms with E-state index in [0.29, 0.717) is 6.54 Å². The minimum atomic E-state index is -0.121. The van der Waals surface area contributed by atoms with Crippen LogP contribution in [0.2, 0.25) is 0 Å². The molecule has 2 N–H and O–H groups in total. The van der Waals surface area contributed by atoms with E-state index in [1.165, 1.54) is 0 Å². The SMILES string of the molecule is CC(Cn1cccn1)NC(=O)NC1CCN(c2ncccn2)CC1. The Morgan fingerprint density at radius 3 is 2.67 bits per heavy atom. The summed E-state index contributed by atoms with van der Waals surface area (Å²) in [6.45, 7) is 4.32. The molecule has 128 valence electrons. The van der Waals surface area contributed by atoms with Gasteiger partial charge in [0.25, 0.3) is 0 Å². The van der Waals surface area contributed by atoms with Crippen molar-refractivity contribution in [2.24, 2.45) is 0 Å². The van der Waals surface area contributed by atoms with Crippen LogP contribution in [0.25, 0.3) is 0 Å². The van der Waals surface area contributed by atoms with Gasteiger partial charge in [0.2, 0.25) is 5.95 Å². The number of anilines is 1. The van der Waals surface area contributed by atoms with Crippen LogP contribution < -0.4 is 15.5 Å². The van der Waals surface area contributed by atoms with E-state index in [1.807, 2.05) is 29.9 Å². The Morgan fingerprint density at radius 2 is 2.00 bits per heavy atom. The number of carbonyl (C=O) groups excluding carboxylic acids is 1. The fraction of sp³-hybridized carbons (Fsp3) is 0.500. The fourth-order valence-electron chi connectivity index (χ4n) is 2.86. The van der Waals surface area contributed by atoms with Gasteiger partial charge in [0.15, 0.2) is 0 Å². The highest BCUT2D eigenvalue weighted by Gasteiger charge is 2.22. The first kappa shape index (κ1) is 16.2. The van der Waals surface area contributed by atoms with Gasteiger partial charge in [-0.15, -0.1) is 0 Å². The van der Waals surface area contributed by atoms with Crippen molar-refractivity contribution >= 4 is 12.0 Å². The van der Waals surface area contributed by atoms with E-state index < -0.39 is 0 Å². The molecule has 0 aliphatic carbocycles. The Kier molecular flexibility index (Phi) is 5.25. The number of nitrogens with zero attached hydrogens (tertiary/aromatic N) is 5. The molecule has 1 aliphatic heterocycles. The van der Waals surface area contributed by atoms with Crippen molar-refractivity contribution in [1.82, 2.24) is 30.4 Å². The molecule has 0 saturated carbocycles. The second-order valence-corrected chi connectivity index (χ2v) is 6.06. The van der Waals surface area contributed by atoms with Crippen LogP contribution >= 0.6 is 0 Å². The number of aromatic nitrogens is 4. The van der Waals surface area contributed by atoms with Gasteiger partial charge in [-0.1, -0.05) is 0 Å². The highest BCUT2D eigenvalue weighted by atomic mass is 16.2. The zero-order chi connectivity index (χ0) is 16.8.